The molecule has 0 aromatic heterocycles. The Balaban J connectivity index is 2.03. The number of carbonyl (C=O) groups is 1. The smallest absolute Gasteiger partial charge is 0.182 e. The van der Waals surface area contributed by atoms with E-state index in [9.17, 15) is 9.18 Å². The number of allylic oxidation sites excluding steroid dienone is 2. The topological polar surface area (TPSA) is 41.1 Å². The molecule has 1 aromatic rings. The van der Waals surface area contributed by atoms with Gasteiger partial charge in [0.2, 0.25) is 0 Å². The molecule has 2 N–H and O–H groups in total. The number of ketones is 1. The Bertz CT molecular complexity index is 472. The zero-order valence-corrected chi connectivity index (χ0v) is 9.24. The van der Waals surface area contributed by atoms with Crippen LogP contribution in [0.2, 0.25) is 0 Å². The Kier molecular flexibility index (Phi) is 3.55. The summed E-state index contributed by atoms with van der Waals surface area (Å²) in [6, 6.07) is 6.33. The average Bonchev–Trinajstić information content (AvgIpc) is 2.81. The van der Waals surface area contributed by atoms with E-state index in [1.54, 1.807) is 18.2 Å². The van der Waals surface area contributed by atoms with E-state index >= 15 is 0 Å². The Morgan fingerprint density at radius 2 is 1.94 bits per heavy atom. The largest absolute Gasteiger partial charge is 0.370 e. The molecule has 2 rings (SSSR count). The highest BCUT2D eigenvalue weighted by atomic mass is 19.1. The zero-order valence-electron chi connectivity index (χ0n) is 9.24. The third-order valence-electron chi connectivity index (χ3n) is 2.37. The molecule has 88 valence electrons. The first-order valence-electron chi connectivity index (χ1n) is 5.42. The first-order chi connectivity index (χ1) is 8.25. The lowest BCUT2D eigenvalue weighted by atomic mass is 10.2. The first-order valence-corrected chi connectivity index (χ1v) is 5.42. The van der Waals surface area contributed by atoms with Crippen LogP contribution in [0.15, 0.2) is 42.2 Å². The lowest BCUT2D eigenvalue weighted by molar-refractivity contribution is -0.110. The van der Waals surface area contributed by atoms with Gasteiger partial charge < -0.3 is 10.6 Å². The lowest BCUT2D eigenvalue weighted by Crippen LogP contribution is -2.11. The molecule has 0 atom stereocenters. The molecule has 1 aliphatic rings. The average molecular weight is 232 g/mol. The van der Waals surface area contributed by atoms with E-state index in [0.717, 1.165) is 13.1 Å². The highest BCUT2D eigenvalue weighted by Crippen LogP contribution is 2.08. The molecule has 0 aliphatic carbocycles. The number of hydrogen-bond donors (Lipinski definition) is 2. The summed E-state index contributed by atoms with van der Waals surface area (Å²) in [5, 5.41) is 6.04. The van der Waals surface area contributed by atoms with E-state index in [0.29, 0.717) is 11.4 Å². The molecular weight excluding hydrogens is 219 g/mol. The van der Waals surface area contributed by atoms with Crippen LogP contribution in [0.25, 0.3) is 6.08 Å². The summed E-state index contributed by atoms with van der Waals surface area (Å²) in [7, 11) is 0. The van der Waals surface area contributed by atoms with Gasteiger partial charge in [-0.2, -0.15) is 0 Å². The fourth-order valence-electron chi connectivity index (χ4n) is 1.53. The van der Waals surface area contributed by atoms with Crippen molar-refractivity contribution in [3.8, 4) is 0 Å². The van der Waals surface area contributed by atoms with Crippen molar-refractivity contribution in [3.05, 3.63) is 53.6 Å². The minimum Gasteiger partial charge on any atom is -0.370 e. The van der Waals surface area contributed by atoms with Crippen LogP contribution in [0.1, 0.15) is 5.56 Å². The number of rotatable bonds is 3. The van der Waals surface area contributed by atoms with Gasteiger partial charge in [-0.3, -0.25) is 4.79 Å². The van der Waals surface area contributed by atoms with Crippen LogP contribution >= 0.6 is 0 Å². The minimum atomic E-state index is -0.332. The van der Waals surface area contributed by atoms with Crippen LogP contribution in [0.4, 0.5) is 4.39 Å². The molecule has 1 aliphatic heterocycles. The fraction of sp³-hybridized carbons (Fsp3) is 0.154. The molecule has 1 saturated heterocycles. The van der Waals surface area contributed by atoms with E-state index in [1.165, 1.54) is 24.3 Å². The van der Waals surface area contributed by atoms with Gasteiger partial charge in [0.1, 0.15) is 11.6 Å². The van der Waals surface area contributed by atoms with Gasteiger partial charge in [-0.05, 0) is 18.2 Å². The molecule has 0 bridgehead atoms. The summed E-state index contributed by atoms with van der Waals surface area (Å²) in [6.45, 7) is 1.63. The van der Waals surface area contributed by atoms with E-state index in [4.69, 9.17) is 0 Å². The standard InChI is InChI=1S/C13H13FN2O/c14-12-4-2-1-3-10(12)5-6-11(17)9-13-15-7-8-16-13/h1-6,9,15-16H,7-8H2/b6-5+. The predicted octanol–water partition coefficient (Wildman–Crippen LogP) is 1.44. The highest BCUT2D eigenvalue weighted by Gasteiger charge is 2.04. The van der Waals surface area contributed by atoms with Gasteiger partial charge >= 0.3 is 0 Å². The fourth-order valence-corrected chi connectivity index (χ4v) is 1.53. The Hall–Kier alpha value is -2.10. The predicted molar refractivity (Wildman–Crippen MR) is 64.5 cm³/mol. The molecule has 3 nitrogen and oxygen atoms in total. The quantitative estimate of drug-likeness (QED) is 0.775. The number of hydrogen-bond acceptors (Lipinski definition) is 3. The summed E-state index contributed by atoms with van der Waals surface area (Å²) < 4.78 is 13.2. The van der Waals surface area contributed by atoms with E-state index in [-0.39, 0.29) is 11.6 Å². The Morgan fingerprint density at radius 1 is 1.24 bits per heavy atom. The van der Waals surface area contributed by atoms with Gasteiger partial charge in [0.25, 0.3) is 0 Å². The molecule has 1 fully saturated rings. The van der Waals surface area contributed by atoms with Crippen molar-refractivity contribution in [2.45, 2.75) is 0 Å². The van der Waals surface area contributed by atoms with Gasteiger partial charge in [-0.25, -0.2) is 4.39 Å². The maximum atomic E-state index is 13.2. The maximum absolute atomic E-state index is 13.2. The number of nitrogens with one attached hydrogen (secondary N) is 2. The van der Waals surface area contributed by atoms with Crippen LogP contribution in [0, 0.1) is 5.82 Å². The van der Waals surface area contributed by atoms with Crippen molar-refractivity contribution in [1.82, 2.24) is 10.6 Å². The van der Waals surface area contributed by atoms with Gasteiger partial charge in [0.15, 0.2) is 5.78 Å². The van der Waals surface area contributed by atoms with Crippen molar-refractivity contribution in [1.29, 1.82) is 0 Å². The minimum absolute atomic E-state index is 0.176. The molecule has 4 heteroatoms. The van der Waals surface area contributed by atoms with Crippen LogP contribution in [0.3, 0.4) is 0 Å². The molecule has 0 radical (unpaired) electrons. The van der Waals surface area contributed by atoms with Gasteiger partial charge in [-0.15, -0.1) is 0 Å². The summed E-state index contributed by atoms with van der Waals surface area (Å²) in [5.74, 6) is 0.208. The maximum Gasteiger partial charge on any atom is 0.182 e. The highest BCUT2D eigenvalue weighted by molar-refractivity contribution is 6.02. The molecule has 17 heavy (non-hydrogen) atoms. The SMILES string of the molecule is O=C(C=C1NCCN1)/C=C/c1ccccc1F. The van der Waals surface area contributed by atoms with E-state index < -0.39 is 0 Å². The van der Waals surface area contributed by atoms with Crippen LogP contribution in [-0.4, -0.2) is 18.9 Å². The Labute approximate surface area is 99.0 Å². The number of halogens is 1. The third-order valence-corrected chi connectivity index (χ3v) is 2.37. The normalized spacial score (nSPS) is 14.5. The molecule has 0 saturated carbocycles. The van der Waals surface area contributed by atoms with E-state index in [2.05, 4.69) is 10.6 Å². The molecule has 0 spiro atoms. The lowest BCUT2D eigenvalue weighted by Gasteiger charge is -1.97. The van der Waals surface area contributed by atoms with Crippen molar-refractivity contribution >= 4 is 11.9 Å². The second-order valence-corrected chi connectivity index (χ2v) is 3.67. The van der Waals surface area contributed by atoms with Gasteiger partial charge in [0, 0.05) is 24.7 Å². The molecular formula is C13H13FN2O. The van der Waals surface area contributed by atoms with E-state index in [1.807, 2.05) is 0 Å². The molecule has 1 heterocycles. The third kappa shape index (κ3) is 3.17. The number of benzene rings is 1. The monoisotopic (exact) mass is 232 g/mol. The van der Waals surface area contributed by atoms with Crippen molar-refractivity contribution in [3.63, 3.8) is 0 Å². The van der Waals surface area contributed by atoms with Crippen molar-refractivity contribution < 1.29 is 9.18 Å². The van der Waals surface area contributed by atoms with Gasteiger partial charge in [-0.1, -0.05) is 18.2 Å². The molecule has 1 aromatic carbocycles. The van der Waals surface area contributed by atoms with Gasteiger partial charge in [0.05, 0.1) is 0 Å². The second-order valence-electron chi connectivity index (χ2n) is 3.67. The summed E-state index contributed by atoms with van der Waals surface area (Å²) >= 11 is 0. The second kappa shape index (κ2) is 5.30. The summed E-state index contributed by atoms with van der Waals surface area (Å²) in [4.78, 5) is 11.5. The van der Waals surface area contributed by atoms with Crippen LogP contribution in [-0.2, 0) is 4.79 Å². The summed E-state index contributed by atoms with van der Waals surface area (Å²) in [6.07, 6.45) is 4.29. The van der Waals surface area contributed by atoms with Crippen molar-refractivity contribution in [2.75, 3.05) is 13.1 Å². The first kappa shape index (κ1) is 11.4. The number of carbonyl (C=O) groups excluding carboxylic acids is 1. The molecule has 0 amide bonds. The summed E-state index contributed by atoms with van der Waals surface area (Å²) in [5.41, 5.74) is 0.409. The van der Waals surface area contributed by atoms with Crippen LogP contribution in [0.5, 0.6) is 0 Å². The Morgan fingerprint density at radius 3 is 2.65 bits per heavy atom. The molecule has 0 unspecified atom stereocenters. The van der Waals surface area contributed by atoms with Crippen LogP contribution < -0.4 is 10.6 Å². The zero-order chi connectivity index (χ0) is 12.1. The van der Waals surface area contributed by atoms with Crippen molar-refractivity contribution in [2.24, 2.45) is 0 Å².